The summed E-state index contributed by atoms with van der Waals surface area (Å²) >= 11 is 3.45. The van der Waals surface area contributed by atoms with E-state index in [2.05, 4.69) is 30.7 Å². The van der Waals surface area contributed by atoms with Crippen LogP contribution in [0.2, 0.25) is 0 Å². The van der Waals surface area contributed by atoms with E-state index in [-0.39, 0.29) is 35.6 Å². The smallest absolute Gasteiger partial charge is 0.285 e. The van der Waals surface area contributed by atoms with E-state index in [9.17, 15) is 13.2 Å². The van der Waals surface area contributed by atoms with Crippen molar-refractivity contribution in [3.63, 3.8) is 0 Å². The number of methoxy groups -OCH3 is 1. The zero-order chi connectivity index (χ0) is 24.1. The van der Waals surface area contributed by atoms with E-state index in [1.165, 1.54) is 17.5 Å². The standard InChI is InChI=1S/C24H27BrN4O4S/c1-33-21-12-11-18(25)15-17(21)16-26-29(14-13-23(30)27-19-7-3-2-4-8-19)24-20-9-5-6-10-22(20)34(31,32)28-24/h5-6,9-12,15-16,19H,2-4,7-8,13-14H2,1H3,(H,27,30)/b26-16+. The summed E-state index contributed by atoms with van der Waals surface area (Å²) in [6, 6.07) is 12.3. The number of nitrogens with zero attached hydrogens (tertiary/aromatic N) is 3. The van der Waals surface area contributed by atoms with E-state index in [4.69, 9.17) is 4.74 Å². The number of benzene rings is 2. The van der Waals surface area contributed by atoms with Gasteiger partial charge in [0.05, 0.1) is 19.9 Å². The van der Waals surface area contributed by atoms with E-state index in [1.54, 1.807) is 37.6 Å². The van der Waals surface area contributed by atoms with Crippen LogP contribution in [0.15, 0.2) is 61.3 Å². The maximum atomic E-state index is 12.6. The first-order valence-corrected chi connectivity index (χ1v) is 13.5. The van der Waals surface area contributed by atoms with Gasteiger partial charge < -0.3 is 10.1 Å². The van der Waals surface area contributed by atoms with Crippen molar-refractivity contribution in [1.29, 1.82) is 0 Å². The number of hydrogen-bond donors (Lipinski definition) is 1. The second-order valence-electron chi connectivity index (χ2n) is 8.29. The quantitative estimate of drug-likeness (QED) is 0.416. The van der Waals surface area contributed by atoms with Crippen LogP contribution >= 0.6 is 15.9 Å². The molecule has 0 aromatic heterocycles. The molecule has 1 amide bonds. The minimum atomic E-state index is -3.82. The topological polar surface area (TPSA) is 100 Å². The Kier molecular flexibility index (Phi) is 7.67. The lowest BCUT2D eigenvalue weighted by Gasteiger charge is -2.24. The van der Waals surface area contributed by atoms with Crippen LogP contribution in [-0.2, 0) is 14.8 Å². The predicted molar refractivity (Wildman–Crippen MR) is 135 cm³/mol. The second kappa shape index (κ2) is 10.7. The number of sulfonamides is 1. The van der Waals surface area contributed by atoms with E-state index in [0.717, 1.165) is 30.2 Å². The van der Waals surface area contributed by atoms with Crippen molar-refractivity contribution in [3.8, 4) is 5.75 Å². The number of fused-ring (bicyclic) bond motifs is 1. The molecule has 2 aromatic carbocycles. The van der Waals surface area contributed by atoms with Gasteiger partial charge in [-0.25, -0.2) is 5.01 Å². The molecule has 0 spiro atoms. The van der Waals surface area contributed by atoms with E-state index in [1.807, 2.05) is 12.1 Å². The molecule has 0 bridgehead atoms. The summed E-state index contributed by atoms with van der Waals surface area (Å²) in [5, 5.41) is 9.12. The van der Waals surface area contributed by atoms with Gasteiger partial charge in [-0.2, -0.15) is 13.5 Å². The number of carbonyl (C=O) groups is 1. The number of hydrazone groups is 1. The van der Waals surface area contributed by atoms with Crippen LogP contribution in [0.1, 0.15) is 49.7 Å². The average molecular weight is 547 g/mol. The first-order chi connectivity index (χ1) is 16.4. The Hall–Kier alpha value is -2.72. The van der Waals surface area contributed by atoms with Crippen molar-refractivity contribution in [1.82, 2.24) is 10.3 Å². The number of carbonyl (C=O) groups excluding carboxylic acids is 1. The minimum Gasteiger partial charge on any atom is -0.496 e. The Morgan fingerprint density at radius 3 is 2.76 bits per heavy atom. The van der Waals surface area contributed by atoms with Gasteiger partial charge in [-0.15, -0.1) is 4.40 Å². The van der Waals surface area contributed by atoms with Crippen LogP contribution in [0.4, 0.5) is 0 Å². The highest BCUT2D eigenvalue weighted by Crippen LogP contribution is 2.28. The number of ether oxygens (including phenoxy) is 1. The summed E-state index contributed by atoms with van der Waals surface area (Å²) < 4.78 is 35.5. The first-order valence-electron chi connectivity index (χ1n) is 11.3. The number of amides is 1. The molecule has 1 aliphatic heterocycles. The molecule has 0 atom stereocenters. The van der Waals surface area contributed by atoms with Crippen molar-refractivity contribution < 1.29 is 17.9 Å². The van der Waals surface area contributed by atoms with Gasteiger partial charge in [0, 0.05) is 28.1 Å². The van der Waals surface area contributed by atoms with E-state index < -0.39 is 10.0 Å². The molecular formula is C24H27BrN4O4S. The van der Waals surface area contributed by atoms with Gasteiger partial charge in [-0.05, 0) is 43.2 Å². The van der Waals surface area contributed by atoms with E-state index >= 15 is 0 Å². The molecule has 0 saturated heterocycles. The van der Waals surface area contributed by atoms with Crippen LogP contribution in [0, 0.1) is 0 Å². The van der Waals surface area contributed by atoms with Gasteiger partial charge in [0.2, 0.25) is 5.91 Å². The third-order valence-electron chi connectivity index (χ3n) is 5.91. The molecule has 1 aliphatic carbocycles. The Bertz CT molecular complexity index is 1220. The van der Waals surface area contributed by atoms with Crippen LogP contribution in [0.5, 0.6) is 5.75 Å². The Balaban J connectivity index is 1.59. The number of nitrogens with one attached hydrogen (secondary N) is 1. The number of halogens is 1. The number of rotatable bonds is 7. The van der Waals surface area contributed by atoms with Crippen LogP contribution in [0.3, 0.4) is 0 Å². The molecule has 2 aliphatic rings. The highest BCUT2D eigenvalue weighted by atomic mass is 79.9. The van der Waals surface area contributed by atoms with Gasteiger partial charge in [0.15, 0.2) is 5.84 Å². The average Bonchev–Trinajstić information content (AvgIpc) is 3.11. The monoisotopic (exact) mass is 546 g/mol. The largest absolute Gasteiger partial charge is 0.496 e. The fourth-order valence-electron chi connectivity index (χ4n) is 4.19. The summed E-state index contributed by atoms with van der Waals surface area (Å²) in [4.78, 5) is 12.8. The first kappa shape index (κ1) is 24.4. The van der Waals surface area contributed by atoms with Gasteiger partial charge >= 0.3 is 0 Å². The zero-order valence-corrected chi connectivity index (χ0v) is 21.3. The Morgan fingerprint density at radius 2 is 2.00 bits per heavy atom. The highest BCUT2D eigenvalue weighted by molar-refractivity contribution is 9.10. The van der Waals surface area contributed by atoms with Crippen LogP contribution < -0.4 is 10.1 Å². The fraction of sp³-hybridized carbons (Fsp3) is 0.375. The van der Waals surface area contributed by atoms with E-state index in [0.29, 0.717) is 16.9 Å². The lowest BCUT2D eigenvalue weighted by atomic mass is 9.95. The molecule has 10 heteroatoms. The summed E-state index contributed by atoms with van der Waals surface area (Å²) in [5.41, 5.74) is 1.16. The van der Waals surface area contributed by atoms with Gasteiger partial charge in [0.25, 0.3) is 10.0 Å². The molecule has 2 aromatic rings. The molecule has 8 nitrogen and oxygen atoms in total. The van der Waals surface area contributed by atoms with Gasteiger partial charge in [-0.1, -0.05) is 47.3 Å². The molecule has 1 heterocycles. The molecule has 1 saturated carbocycles. The molecule has 0 unspecified atom stereocenters. The third-order valence-corrected chi connectivity index (χ3v) is 7.72. The molecule has 1 fully saturated rings. The highest BCUT2D eigenvalue weighted by Gasteiger charge is 2.32. The summed E-state index contributed by atoms with van der Waals surface area (Å²) in [6.07, 6.45) is 7.19. The van der Waals surface area contributed by atoms with Crippen molar-refractivity contribution in [3.05, 3.63) is 58.1 Å². The second-order valence-corrected chi connectivity index (χ2v) is 10.8. The number of hydrogen-bond acceptors (Lipinski definition) is 6. The third kappa shape index (κ3) is 5.67. The van der Waals surface area contributed by atoms with Crippen molar-refractivity contribution in [2.45, 2.75) is 49.5 Å². The zero-order valence-electron chi connectivity index (χ0n) is 18.9. The lowest BCUT2D eigenvalue weighted by Crippen LogP contribution is -2.38. The number of amidine groups is 1. The van der Waals surface area contributed by atoms with Crippen LogP contribution in [-0.4, -0.2) is 51.1 Å². The predicted octanol–water partition coefficient (Wildman–Crippen LogP) is 4.08. The summed E-state index contributed by atoms with van der Waals surface area (Å²) in [5.74, 6) is 0.733. The van der Waals surface area contributed by atoms with Crippen LogP contribution in [0.25, 0.3) is 0 Å². The molecule has 180 valence electrons. The normalized spacial score (nSPS) is 17.3. The molecule has 1 N–H and O–H groups in total. The molecule has 4 rings (SSSR count). The van der Waals surface area contributed by atoms with Crippen molar-refractivity contribution >= 4 is 43.9 Å². The lowest BCUT2D eigenvalue weighted by molar-refractivity contribution is -0.122. The molecule has 34 heavy (non-hydrogen) atoms. The maximum Gasteiger partial charge on any atom is 0.285 e. The minimum absolute atomic E-state index is 0.0816. The summed E-state index contributed by atoms with van der Waals surface area (Å²) in [7, 11) is -2.26. The molecule has 0 radical (unpaired) electrons. The summed E-state index contributed by atoms with van der Waals surface area (Å²) in [6.45, 7) is 0.175. The maximum absolute atomic E-state index is 12.6. The fourth-order valence-corrected chi connectivity index (χ4v) is 5.77. The Labute approximate surface area is 208 Å². The SMILES string of the molecule is COc1ccc(Br)cc1/C=N/N(CCC(=O)NC1CCCCC1)C1=NS(=O)(=O)c2ccccc21. The van der Waals surface area contributed by atoms with Crippen molar-refractivity contribution in [2.75, 3.05) is 13.7 Å². The molecular weight excluding hydrogens is 520 g/mol. The van der Waals surface area contributed by atoms with Gasteiger partial charge in [0.1, 0.15) is 10.6 Å². The van der Waals surface area contributed by atoms with Gasteiger partial charge in [-0.3, -0.25) is 4.79 Å². The van der Waals surface area contributed by atoms with Crippen molar-refractivity contribution in [2.24, 2.45) is 9.50 Å². The Morgan fingerprint density at radius 1 is 1.24 bits per heavy atom.